The van der Waals surface area contributed by atoms with Crippen molar-refractivity contribution in [2.45, 2.75) is 63.1 Å². The zero-order valence-corrected chi connectivity index (χ0v) is 15.8. The number of likely N-dealkylation sites (tertiary alicyclic amines) is 1. The number of anilines is 1. The Morgan fingerprint density at radius 2 is 1.54 bits per heavy atom. The van der Waals surface area contributed by atoms with Crippen LogP contribution in [0.5, 0.6) is 0 Å². The Morgan fingerprint density at radius 3 is 2.18 bits per heavy atom. The molecule has 5 nitrogen and oxygen atoms in total. The quantitative estimate of drug-likeness (QED) is 0.787. The van der Waals surface area contributed by atoms with Crippen molar-refractivity contribution in [2.75, 3.05) is 18.4 Å². The number of hydrogen-bond donors (Lipinski definition) is 2. The number of carbonyl (C=O) groups is 2. The molecule has 1 aliphatic heterocycles. The van der Waals surface area contributed by atoms with E-state index in [2.05, 4.69) is 10.6 Å². The van der Waals surface area contributed by atoms with Crippen molar-refractivity contribution in [3.05, 3.63) is 29.8 Å². The fourth-order valence-electron chi connectivity index (χ4n) is 4.16. The Bertz CT molecular complexity index is 709. The van der Waals surface area contributed by atoms with E-state index >= 15 is 0 Å². The van der Waals surface area contributed by atoms with Crippen molar-refractivity contribution in [2.24, 2.45) is 0 Å². The molecule has 0 atom stereocenters. The Hall–Kier alpha value is -2.25. The van der Waals surface area contributed by atoms with E-state index in [1.54, 1.807) is 4.90 Å². The first kappa shape index (κ1) is 20.5. The number of amides is 3. The summed E-state index contributed by atoms with van der Waals surface area (Å²) in [6.45, 7) is 1.33. The summed E-state index contributed by atoms with van der Waals surface area (Å²) in [6, 6.07) is 4.06. The predicted octanol–water partition coefficient (Wildman–Crippen LogP) is 4.54. The normalized spacial score (nSPS) is 19.8. The van der Waals surface area contributed by atoms with E-state index in [1.807, 2.05) is 0 Å². The third kappa shape index (κ3) is 4.59. The van der Waals surface area contributed by atoms with Crippen molar-refractivity contribution >= 4 is 17.6 Å². The smallest absolute Gasteiger partial charge is 0.341 e. The summed E-state index contributed by atoms with van der Waals surface area (Å²) in [5.74, 6) is -0.105. The Kier molecular flexibility index (Phi) is 6.15. The van der Waals surface area contributed by atoms with Gasteiger partial charge in [0.15, 0.2) is 0 Å². The van der Waals surface area contributed by atoms with Gasteiger partial charge < -0.3 is 15.5 Å². The molecule has 0 unspecified atom stereocenters. The van der Waals surface area contributed by atoms with Gasteiger partial charge in [-0.15, -0.1) is 0 Å². The molecule has 1 aromatic rings. The van der Waals surface area contributed by atoms with Crippen LogP contribution in [0.2, 0.25) is 0 Å². The molecule has 1 saturated heterocycles. The van der Waals surface area contributed by atoms with Crippen molar-refractivity contribution in [3.8, 4) is 0 Å². The molecule has 1 aromatic carbocycles. The number of nitrogens with zero attached hydrogens (tertiary/aromatic N) is 1. The second-order valence-corrected chi connectivity index (χ2v) is 7.62. The number of rotatable bonds is 3. The molecule has 2 fully saturated rings. The fraction of sp³-hybridized carbons (Fsp3) is 0.600. The summed E-state index contributed by atoms with van der Waals surface area (Å²) < 4.78 is 39.5. The van der Waals surface area contributed by atoms with Crippen LogP contribution in [0.15, 0.2) is 24.3 Å². The van der Waals surface area contributed by atoms with E-state index in [4.69, 9.17) is 0 Å². The first-order chi connectivity index (χ1) is 13.3. The van der Waals surface area contributed by atoms with E-state index in [0.29, 0.717) is 25.9 Å². The number of hydrogen-bond acceptors (Lipinski definition) is 2. The largest absolute Gasteiger partial charge is 0.418 e. The molecule has 1 heterocycles. The summed E-state index contributed by atoms with van der Waals surface area (Å²) in [5, 5.41) is 5.05. The summed E-state index contributed by atoms with van der Waals surface area (Å²) in [4.78, 5) is 27.6. The van der Waals surface area contributed by atoms with Crippen molar-refractivity contribution in [1.29, 1.82) is 0 Å². The highest BCUT2D eigenvalue weighted by molar-refractivity contribution is 5.96. The lowest BCUT2D eigenvalue weighted by molar-refractivity contribution is -0.140. The number of piperidine rings is 1. The molecule has 154 valence electrons. The summed E-state index contributed by atoms with van der Waals surface area (Å²) in [6.07, 6.45) is 2.00. The zero-order valence-electron chi connectivity index (χ0n) is 15.8. The van der Waals surface area contributed by atoms with Gasteiger partial charge in [-0.1, -0.05) is 31.4 Å². The first-order valence-electron chi connectivity index (χ1n) is 9.87. The van der Waals surface area contributed by atoms with Crippen LogP contribution in [0.25, 0.3) is 0 Å². The van der Waals surface area contributed by atoms with Crippen molar-refractivity contribution in [3.63, 3.8) is 0 Å². The minimum atomic E-state index is -4.57. The Labute approximate surface area is 162 Å². The Balaban J connectivity index is 1.76. The minimum absolute atomic E-state index is 0.105. The summed E-state index contributed by atoms with van der Waals surface area (Å²) in [7, 11) is 0. The number of benzene rings is 1. The molecule has 8 heteroatoms. The van der Waals surface area contributed by atoms with Crippen LogP contribution in [0.1, 0.15) is 56.9 Å². The van der Waals surface area contributed by atoms with Gasteiger partial charge in [-0.05, 0) is 44.2 Å². The number of alkyl halides is 3. The highest BCUT2D eigenvalue weighted by Gasteiger charge is 2.44. The average molecular weight is 397 g/mol. The lowest BCUT2D eigenvalue weighted by Crippen LogP contribution is -2.62. The molecule has 3 amide bonds. The molecule has 1 saturated carbocycles. The van der Waals surface area contributed by atoms with Gasteiger partial charge in [0, 0.05) is 13.1 Å². The van der Waals surface area contributed by atoms with Gasteiger partial charge in [0.25, 0.3) is 0 Å². The standard InChI is InChI=1S/C20H26F3N3O2/c21-20(22,23)15-9-3-4-10-16(15)24-18(28)25-19(11-5-1-6-12-19)17(27)26-13-7-2-8-14-26/h3-4,9-10H,1-2,5-8,11-14H2,(H2,24,25,28). The molecule has 0 aromatic heterocycles. The van der Waals surface area contributed by atoms with Gasteiger partial charge in [0.1, 0.15) is 5.54 Å². The summed E-state index contributed by atoms with van der Waals surface area (Å²) in [5.41, 5.74) is -2.26. The molecule has 1 aliphatic carbocycles. The molecule has 2 aliphatic rings. The SMILES string of the molecule is O=C(Nc1ccccc1C(F)(F)F)NC1(C(=O)N2CCCCC2)CCCCC1. The van der Waals surface area contributed by atoms with E-state index in [1.165, 1.54) is 18.2 Å². The van der Waals surface area contributed by atoms with Gasteiger partial charge in [-0.3, -0.25) is 4.79 Å². The second-order valence-electron chi connectivity index (χ2n) is 7.62. The van der Waals surface area contributed by atoms with Gasteiger partial charge in [0.2, 0.25) is 5.91 Å². The maximum Gasteiger partial charge on any atom is 0.418 e. The highest BCUT2D eigenvalue weighted by Crippen LogP contribution is 2.35. The molecule has 2 N–H and O–H groups in total. The maximum atomic E-state index is 13.2. The fourth-order valence-corrected chi connectivity index (χ4v) is 4.16. The zero-order chi connectivity index (χ0) is 20.2. The summed E-state index contributed by atoms with van der Waals surface area (Å²) >= 11 is 0. The highest BCUT2D eigenvalue weighted by atomic mass is 19.4. The van der Waals surface area contributed by atoms with Gasteiger partial charge in [-0.2, -0.15) is 13.2 Å². The molecule has 0 radical (unpaired) electrons. The van der Waals surface area contributed by atoms with Crippen LogP contribution in [0.4, 0.5) is 23.7 Å². The topological polar surface area (TPSA) is 61.4 Å². The van der Waals surface area contributed by atoms with Gasteiger partial charge in [-0.25, -0.2) is 4.79 Å². The third-order valence-electron chi connectivity index (χ3n) is 5.59. The van der Waals surface area contributed by atoms with Crippen LogP contribution in [0.3, 0.4) is 0 Å². The van der Waals surface area contributed by atoms with Gasteiger partial charge >= 0.3 is 12.2 Å². The molecular weight excluding hydrogens is 371 g/mol. The first-order valence-corrected chi connectivity index (χ1v) is 9.87. The molecule has 0 spiro atoms. The van der Waals surface area contributed by atoms with E-state index in [-0.39, 0.29) is 11.6 Å². The van der Waals surface area contributed by atoms with Crippen LogP contribution < -0.4 is 10.6 Å². The average Bonchev–Trinajstić information content (AvgIpc) is 2.68. The van der Waals surface area contributed by atoms with Crippen LogP contribution in [0, 0.1) is 0 Å². The molecule has 3 rings (SSSR count). The lowest BCUT2D eigenvalue weighted by atomic mass is 9.80. The maximum absolute atomic E-state index is 13.2. The monoisotopic (exact) mass is 397 g/mol. The number of nitrogens with one attached hydrogen (secondary N) is 2. The van der Waals surface area contributed by atoms with Crippen molar-refractivity contribution in [1.82, 2.24) is 10.2 Å². The Morgan fingerprint density at radius 1 is 0.929 bits per heavy atom. The molecular formula is C20H26F3N3O2. The van der Waals surface area contributed by atoms with Crippen LogP contribution in [-0.2, 0) is 11.0 Å². The minimum Gasteiger partial charge on any atom is -0.341 e. The predicted molar refractivity (Wildman–Crippen MR) is 99.8 cm³/mol. The van der Waals surface area contributed by atoms with Crippen molar-refractivity contribution < 1.29 is 22.8 Å². The number of carbonyl (C=O) groups excluding carboxylic acids is 2. The number of urea groups is 1. The second kappa shape index (κ2) is 8.41. The van der Waals surface area contributed by atoms with E-state index in [9.17, 15) is 22.8 Å². The lowest BCUT2D eigenvalue weighted by Gasteiger charge is -2.41. The van der Waals surface area contributed by atoms with E-state index < -0.39 is 23.3 Å². The number of halogens is 3. The van der Waals surface area contributed by atoms with Crippen LogP contribution >= 0.6 is 0 Å². The van der Waals surface area contributed by atoms with Crippen LogP contribution in [-0.4, -0.2) is 35.5 Å². The van der Waals surface area contributed by atoms with Gasteiger partial charge in [0.05, 0.1) is 11.3 Å². The van der Waals surface area contributed by atoms with E-state index in [0.717, 1.165) is 44.6 Å². The number of para-hydroxylation sites is 1. The molecule has 28 heavy (non-hydrogen) atoms. The third-order valence-corrected chi connectivity index (χ3v) is 5.59. The molecule has 0 bridgehead atoms.